The average molecular weight is 558 g/mol. The molecule has 0 radical (unpaired) electrons. The van der Waals surface area contributed by atoms with Crippen molar-refractivity contribution < 1.29 is 18.3 Å². The molecule has 1 aliphatic heterocycles. The van der Waals surface area contributed by atoms with Crippen molar-refractivity contribution in [3.63, 3.8) is 0 Å². The fraction of sp³-hybridized carbons (Fsp3) is 0.300. The zero-order valence-corrected chi connectivity index (χ0v) is 21.4. The van der Waals surface area contributed by atoms with E-state index in [9.17, 15) is 13.6 Å². The Balaban J connectivity index is 0.00000337. The van der Waals surface area contributed by atoms with Crippen LogP contribution in [0.5, 0.6) is 11.5 Å². The zero-order chi connectivity index (χ0) is 27.8. The van der Waals surface area contributed by atoms with Gasteiger partial charge >= 0.3 is 0 Å². The Morgan fingerprint density at radius 2 is 1.80 bits per heavy atom. The highest BCUT2D eigenvalue weighted by Crippen LogP contribution is 2.36. The minimum absolute atomic E-state index is 0. The van der Waals surface area contributed by atoms with Gasteiger partial charge in [0.05, 0.1) is 18.0 Å². The van der Waals surface area contributed by atoms with Gasteiger partial charge in [-0.25, -0.2) is 28.3 Å². The molecule has 1 atom stereocenters. The van der Waals surface area contributed by atoms with E-state index >= 15 is 0 Å². The first kappa shape index (κ1) is 27.7. The maximum absolute atomic E-state index is 13.5. The molecular formula is C30H29F2N7O2. The number of piperidine rings is 1. The third-order valence-electron chi connectivity index (χ3n) is 7.10. The third-order valence-corrected chi connectivity index (χ3v) is 7.10. The van der Waals surface area contributed by atoms with Crippen LogP contribution in [0.2, 0.25) is 0 Å². The molecule has 9 nitrogen and oxygen atoms in total. The van der Waals surface area contributed by atoms with Gasteiger partial charge in [0.2, 0.25) is 5.70 Å². The standard InChI is InChI=1S/C29H25F2N7O2.CH4/c1-33-24(11-17-4-5-17)29(39)37-10-2-3-21(15-37)38-28-25(27(32)34-16-35-28)26(36-38)18-6-8-22(9-7-18)40-23-13-19(30)12-20(31)14-23;/h6-9,11-14,16-17,21H,2-5,10,15H2,(H2,32,34,35);1H4/t21-;/m1./s1. The van der Waals surface area contributed by atoms with Crippen LogP contribution >= 0.6 is 0 Å². The van der Waals surface area contributed by atoms with Gasteiger partial charge in [-0.15, -0.1) is 0 Å². The van der Waals surface area contributed by atoms with Gasteiger partial charge in [-0.2, -0.15) is 5.10 Å². The minimum Gasteiger partial charge on any atom is -0.457 e. The van der Waals surface area contributed by atoms with Crippen molar-refractivity contribution in [2.45, 2.75) is 39.2 Å². The first-order valence-corrected chi connectivity index (χ1v) is 13.0. The van der Waals surface area contributed by atoms with E-state index in [0.29, 0.717) is 41.5 Å². The number of nitrogen functional groups attached to an aromatic ring is 1. The number of hydrogen-bond donors (Lipinski definition) is 1. The van der Waals surface area contributed by atoms with E-state index in [1.807, 2.05) is 0 Å². The van der Waals surface area contributed by atoms with Gasteiger partial charge in [-0.05, 0) is 55.9 Å². The Kier molecular flexibility index (Phi) is 7.66. The van der Waals surface area contributed by atoms with Crippen molar-refractivity contribution in [2.24, 2.45) is 5.92 Å². The van der Waals surface area contributed by atoms with Crippen LogP contribution in [0.15, 0.2) is 60.6 Å². The number of nitrogens with zero attached hydrogens (tertiary/aromatic N) is 6. The van der Waals surface area contributed by atoms with E-state index in [1.54, 1.807) is 39.9 Å². The SMILES string of the molecule is C.[C-]#[N+]C(=CC1CC1)C(=O)N1CCC[C@@H](n2nc(-c3ccc(Oc4cc(F)cc(F)c4)cc3)c3c(N)ncnc32)C1. The number of hydrogen-bond acceptors (Lipinski definition) is 6. The lowest BCUT2D eigenvalue weighted by Gasteiger charge is -2.33. The lowest BCUT2D eigenvalue weighted by atomic mass is 10.1. The van der Waals surface area contributed by atoms with Gasteiger partial charge in [-0.1, -0.05) is 13.5 Å². The topological polar surface area (TPSA) is 104 Å². The van der Waals surface area contributed by atoms with E-state index in [-0.39, 0.29) is 36.6 Å². The second-order valence-corrected chi connectivity index (χ2v) is 10.0. The summed E-state index contributed by atoms with van der Waals surface area (Å²) in [5.41, 5.74) is 8.30. The lowest BCUT2D eigenvalue weighted by Crippen LogP contribution is -2.41. The number of ether oxygens (including phenoxy) is 1. The molecule has 0 bridgehead atoms. The van der Waals surface area contributed by atoms with E-state index < -0.39 is 11.6 Å². The highest BCUT2D eigenvalue weighted by atomic mass is 19.1. The van der Waals surface area contributed by atoms with Crippen LogP contribution < -0.4 is 10.5 Å². The number of carbonyl (C=O) groups excluding carboxylic acids is 1. The Morgan fingerprint density at radius 1 is 1.07 bits per heavy atom. The van der Waals surface area contributed by atoms with Crippen molar-refractivity contribution in [1.82, 2.24) is 24.6 Å². The number of fused-ring (bicyclic) bond motifs is 1. The van der Waals surface area contributed by atoms with Crippen molar-refractivity contribution in [2.75, 3.05) is 18.8 Å². The normalized spacial score (nSPS) is 17.1. The number of carbonyl (C=O) groups is 1. The summed E-state index contributed by atoms with van der Waals surface area (Å²) in [5, 5.41) is 5.46. The highest BCUT2D eigenvalue weighted by Gasteiger charge is 2.31. The first-order valence-electron chi connectivity index (χ1n) is 13.0. The van der Waals surface area contributed by atoms with Crippen molar-refractivity contribution >= 4 is 22.8 Å². The average Bonchev–Trinajstić information content (AvgIpc) is 3.68. The van der Waals surface area contributed by atoms with Gasteiger partial charge in [0.1, 0.15) is 41.0 Å². The summed E-state index contributed by atoms with van der Waals surface area (Å²) in [6.07, 6.45) is 6.76. The van der Waals surface area contributed by atoms with Gasteiger partial charge in [0.25, 0.3) is 5.91 Å². The molecule has 3 heterocycles. The fourth-order valence-corrected chi connectivity index (χ4v) is 5.00. The molecule has 2 N–H and O–H groups in total. The van der Waals surface area contributed by atoms with Crippen LogP contribution in [-0.4, -0.2) is 43.6 Å². The van der Waals surface area contributed by atoms with Crippen LogP contribution in [0.1, 0.15) is 39.2 Å². The van der Waals surface area contributed by atoms with Crippen LogP contribution in [-0.2, 0) is 4.79 Å². The third kappa shape index (κ3) is 5.72. The number of rotatable bonds is 6. The molecule has 2 aromatic carbocycles. The maximum Gasteiger partial charge on any atom is 0.252 e. The number of amides is 1. The van der Waals surface area contributed by atoms with Crippen molar-refractivity contribution in [1.29, 1.82) is 0 Å². The summed E-state index contributed by atoms with van der Waals surface area (Å²) in [6, 6.07) is 9.69. The molecular weight excluding hydrogens is 528 g/mol. The monoisotopic (exact) mass is 557 g/mol. The van der Waals surface area contributed by atoms with Crippen LogP contribution in [0.25, 0.3) is 27.1 Å². The van der Waals surface area contributed by atoms with E-state index in [4.69, 9.17) is 22.1 Å². The maximum atomic E-state index is 13.5. The van der Waals surface area contributed by atoms with Gasteiger partial charge < -0.3 is 15.4 Å². The summed E-state index contributed by atoms with van der Waals surface area (Å²) in [4.78, 5) is 27.0. The Labute approximate surface area is 236 Å². The number of nitrogens with two attached hydrogens (primary N) is 1. The smallest absolute Gasteiger partial charge is 0.252 e. The molecule has 210 valence electrons. The second-order valence-electron chi connectivity index (χ2n) is 10.0. The quantitative estimate of drug-likeness (QED) is 0.225. The number of aromatic nitrogens is 4. The molecule has 2 aromatic heterocycles. The molecule has 2 aliphatic rings. The van der Waals surface area contributed by atoms with Gasteiger partial charge in [-0.3, -0.25) is 4.79 Å². The Morgan fingerprint density at radius 3 is 2.49 bits per heavy atom. The molecule has 0 spiro atoms. The highest BCUT2D eigenvalue weighted by molar-refractivity contribution is 5.98. The molecule has 1 aliphatic carbocycles. The molecule has 41 heavy (non-hydrogen) atoms. The minimum atomic E-state index is -0.730. The summed E-state index contributed by atoms with van der Waals surface area (Å²) < 4.78 is 34.5. The number of benzene rings is 2. The molecule has 11 heteroatoms. The molecule has 1 saturated heterocycles. The van der Waals surface area contributed by atoms with Gasteiger partial charge in [0, 0.05) is 36.9 Å². The summed E-state index contributed by atoms with van der Waals surface area (Å²) >= 11 is 0. The van der Waals surface area contributed by atoms with E-state index in [0.717, 1.165) is 49.4 Å². The first-order chi connectivity index (χ1) is 19.4. The van der Waals surface area contributed by atoms with Crippen molar-refractivity contribution in [3.8, 4) is 22.8 Å². The van der Waals surface area contributed by atoms with Crippen LogP contribution in [0.3, 0.4) is 0 Å². The summed E-state index contributed by atoms with van der Waals surface area (Å²) in [7, 11) is 0. The van der Waals surface area contributed by atoms with Crippen LogP contribution in [0, 0.1) is 24.1 Å². The Hall–Kier alpha value is -4.85. The summed E-state index contributed by atoms with van der Waals surface area (Å²) in [5.74, 6) is -0.671. The van der Waals surface area contributed by atoms with Crippen molar-refractivity contribution in [3.05, 3.63) is 83.6 Å². The molecule has 1 saturated carbocycles. The second kappa shape index (κ2) is 11.3. The largest absolute Gasteiger partial charge is 0.457 e. The summed E-state index contributed by atoms with van der Waals surface area (Å²) in [6.45, 7) is 8.46. The molecule has 0 unspecified atom stereocenters. The number of likely N-dealkylation sites (tertiary alicyclic amines) is 1. The van der Waals surface area contributed by atoms with Gasteiger partial charge in [0.15, 0.2) is 5.65 Å². The lowest BCUT2D eigenvalue weighted by molar-refractivity contribution is -0.128. The van der Waals surface area contributed by atoms with Crippen LogP contribution in [0.4, 0.5) is 14.6 Å². The predicted octanol–water partition coefficient (Wildman–Crippen LogP) is 6.16. The molecule has 6 rings (SSSR count). The number of allylic oxidation sites excluding steroid dienone is 1. The number of anilines is 1. The molecule has 1 amide bonds. The van der Waals surface area contributed by atoms with E-state index in [2.05, 4.69) is 14.8 Å². The Bertz CT molecular complexity index is 1650. The zero-order valence-electron chi connectivity index (χ0n) is 21.4. The number of halogens is 2. The molecule has 2 fully saturated rings. The fourth-order valence-electron chi connectivity index (χ4n) is 5.00. The molecule has 4 aromatic rings. The predicted molar refractivity (Wildman–Crippen MR) is 151 cm³/mol. The van der Waals surface area contributed by atoms with E-state index in [1.165, 1.54) is 6.33 Å².